The van der Waals surface area contributed by atoms with Crippen molar-refractivity contribution in [1.82, 2.24) is 4.98 Å². The molecule has 0 aliphatic rings. The van der Waals surface area contributed by atoms with E-state index in [1.807, 2.05) is 31.2 Å². The van der Waals surface area contributed by atoms with E-state index < -0.39 is 11.9 Å². The van der Waals surface area contributed by atoms with Crippen LogP contribution < -0.4 is 0 Å². The fourth-order valence-corrected chi connectivity index (χ4v) is 2.75. The molecule has 0 saturated heterocycles. The Morgan fingerprint density at radius 3 is 2.65 bits per heavy atom. The summed E-state index contributed by atoms with van der Waals surface area (Å²) in [6.07, 6.45) is 2.18. The van der Waals surface area contributed by atoms with Crippen molar-refractivity contribution in [1.29, 1.82) is 5.26 Å². The van der Waals surface area contributed by atoms with Crippen LogP contribution in [0.2, 0.25) is 0 Å². The standard InChI is InChI=1S/C21H22N2O3/c1-3-4-12-20(24)18(21(25)26-2)13-16-9-7-11-19(23-16)17-10-6-5-8-15(17)14-22/h5-11,18H,3-4,12-13H2,1-2H3. The highest BCUT2D eigenvalue weighted by Gasteiger charge is 2.27. The zero-order valence-electron chi connectivity index (χ0n) is 15.1. The van der Waals surface area contributed by atoms with Crippen molar-refractivity contribution < 1.29 is 14.3 Å². The lowest BCUT2D eigenvalue weighted by Crippen LogP contribution is -2.27. The number of ketones is 1. The van der Waals surface area contributed by atoms with Crippen LogP contribution >= 0.6 is 0 Å². The molecule has 0 aliphatic heterocycles. The van der Waals surface area contributed by atoms with Gasteiger partial charge in [-0.2, -0.15) is 5.26 Å². The second-order valence-corrected chi connectivity index (χ2v) is 6.02. The van der Waals surface area contributed by atoms with Gasteiger partial charge in [0, 0.05) is 24.1 Å². The molecule has 1 aromatic heterocycles. The molecule has 1 atom stereocenters. The highest BCUT2D eigenvalue weighted by Crippen LogP contribution is 2.22. The third-order valence-corrected chi connectivity index (χ3v) is 4.19. The summed E-state index contributed by atoms with van der Waals surface area (Å²) in [6, 6.07) is 14.8. The number of aromatic nitrogens is 1. The number of hydrogen-bond donors (Lipinski definition) is 0. The predicted octanol–water partition coefficient (Wildman–Crippen LogP) is 3.71. The van der Waals surface area contributed by atoms with Crippen LogP contribution in [-0.4, -0.2) is 23.8 Å². The molecule has 0 amide bonds. The molecular weight excluding hydrogens is 328 g/mol. The van der Waals surface area contributed by atoms with E-state index in [2.05, 4.69) is 11.1 Å². The van der Waals surface area contributed by atoms with Crippen molar-refractivity contribution in [2.45, 2.75) is 32.6 Å². The van der Waals surface area contributed by atoms with Gasteiger partial charge in [0.15, 0.2) is 0 Å². The number of carbonyl (C=O) groups is 2. The summed E-state index contributed by atoms with van der Waals surface area (Å²) in [4.78, 5) is 29.0. The van der Waals surface area contributed by atoms with Crippen LogP contribution in [0.25, 0.3) is 11.3 Å². The number of esters is 1. The van der Waals surface area contributed by atoms with E-state index in [0.717, 1.165) is 18.4 Å². The number of carbonyl (C=O) groups excluding carboxylic acids is 2. The molecule has 0 N–H and O–H groups in total. The lowest BCUT2D eigenvalue weighted by Gasteiger charge is -2.14. The van der Waals surface area contributed by atoms with Gasteiger partial charge >= 0.3 is 5.97 Å². The fraction of sp³-hybridized carbons (Fsp3) is 0.333. The first-order valence-electron chi connectivity index (χ1n) is 8.66. The van der Waals surface area contributed by atoms with Crippen molar-refractivity contribution in [3.05, 3.63) is 53.7 Å². The van der Waals surface area contributed by atoms with Crippen molar-refractivity contribution in [2.75, 3.05) is 7.11 Å². The number of unbranched alkanes of at least 4 members (excludes halogenated alkanes) is 1. The molecule has 0 spiro atoms. The number of nitriles is 1. The second kappa shape index (κ2) is 9.47. The average Bonchev–Trinajstić information content (AvgIpc) is 2.69. The largest absolute Gasteiger partial charge is 0.468 e. The topological polar surface area (TPSA) is 80.0 Å². The van der Waals surface area contributed by atoms with Crippen molar-refractivity contribution >= 4 is 11.8 Å². The fourth-order valence-electron chi connectivity index (χ4n) is 2.75. The smallest absolute Gasteiger partial charge is 0.316 e. The molecule has 0 bridgehead atoms. The van der Waals surface area contributed by atoms with Gasteiger partial charge in [-0.3, -0.25) is 14.6 Å². The first-order chi connectivity index (χ1) is 12.6. The van der Waals surface area contributed by atoms with E-state index in [0.29, 0.717) is 23.4 Å². The zero-order chi connectivity index (χ0) is 18.9. The molecular formula is C21H22N2O3. The Morgan fingerprint density at radius 1 is 1.19 bits per heavy atom. The molecule has 5 heteroatoms. The minimum atomic E-state index is -0.847. The average molecular weight is 350 g/mol. The Hall–Kier alpha value is -3.00. The van der Waals surface area contributed by atoms with Crippen LogP contribution in [0.15, 0.2) is 42.5 Å². The molecule has 5 nitrogen and oxygen atoms in total. The first kappa shape index (κ1) is 19.3. The van der Waals surface area contributed by atoms with Crippen molar-refractivity contribution in [3.8, 4) is 17.3 Å². The van der Waals surface area contributed by atoms with Gasteiger partial charge in [0.2, 0.25) is 0 Å². The first-order valence-corrected chi connectivity index (χ1v) is 8.66. The maximum atomic E-state index is 12.4. The Balaban J connectivity index is 2.29. The van der Waals surface area contributed by atoms with Crippen LogP contribution in [-0.2, 0) is 20.7 Å². The number of rotatable bonds is 8. The number of hydrogen-bond acceptors (Lipinski definition) is 5. The Bertz CT molecular complexity index is 824. The summed E-state index contributed by atoms with van der Waals surface area (Å²) >= 11 is 0. The lowest BCUT2D eigenvalue weighted by atomic mass is 9.94. The van der Waals surface area contributed by atoms with Crippen LogP contribution in [0.5, 0.6) is 0 Å². The number of methoxy groups -OCH3 is 1. The minimum Gasteiger partial charge on any atom is -0.468 e. The number of pyridine rings is 1. The lowest BCUT2D eigenvalue weighted by molar-refractivity contribution is -0.149. The SMILES string of the molecule is CCCCC(=O)C(Cc1cccc(-c2ccccc2C#N)n1)C(=O)OC. The monoisotopic (exact) mass is 350 g/mol. The van der Waals surface area contributed by atoms with E-state index >= 15 is 0 Å². The number of Topliss-reactive ketones (excluding diaryl/α,β-unsaturated/α-hetero) is 1. The van der Waals surface area contributed by atoms with Gasteiger partial charge in [-0.15, -0.1) is 0 Å². The van der Waals surface area contributed by atoms with E-state index in [9.17, 15) is 14.9 Å². The Labute approximate surface area is 153 Å². The van der Waals surface area contributed by atoms with Crippen LogP contribution in [0.4, 0.5) is 0 Å². The quantitative estimate of drug-likeness (QED) is 0.535. The second-order valence-electron chi connectivity index (χ2n) is 6.02. The summed E-state index contributed by atoms with van der Waals surface area (Å²) in [7, 11) is 1.29. The van der Waals surface area contributed by atoms with Crippen molar-refractivity contribution in [2.24, 2.45) is 5.92 Å². The van der Waals surface area contributed by atoms with Gasteiger partial charge in [0.1, 0.15) is 11.7 Å². The molecule has 0 aliphatic carbocycles. The third-order valence-electron chi connectivity index (χ3n) is 4.19. The Kier molecular flexibility index (Phi) is 7.04. The maximum absolute atomic E-state index is 12.4. The molecule has 1 heterocycles. The van der Waals surface area contributed by atoms with Gasteiger partial charge in [-0.1, -0.05) is 37.6 Å². The van der Waals surface area contributed by atoms with Gasteiger partial charge in [0.05, 0.1) is 24.4 Å². The molecule has 0 fully saturated rings. The summed E-state index contributed by atoms with van der Waals surface area (Å²) in [5, 5.41) is 9.27. The number of ether oxygens (including phenoxy) is 1. The number of benzene rings is 1. The van der Waals surface area contributed by atoms with Crippen LogP contribution in [0.1, 0.15) is 37.4 Å². The van der Waals surface area contributed by atoms with E-state index in [-0.39, 0.29) is 12.2 Å². The molecule has 0 saturated carbocycles. The van der Waals surface area contributed by atoms with Gasteiger partial charge in [-0.05, 0) is 24.6 Å². The molecule has 1 aromatic carbocycles. The third kappa shape index (κ3) is 4.76. The van der Waals surface area contributed by atoms with Crippen molar-refractivity contribution in [3.63, 3.8) is 0 Å². The molecule has 26 heavy (non-hydrogen) atoms. The summed E-state index contributed by atoms with van der Waals surface area (Å²) in [5.74, 6) is -1.50. The van der Waals surface area contributed by atoms with E-state index in [4.69, 9.17) is 4.74 Å². The molecule has 2 aromatic rings. The maximum Gasteiger partial charge on any atom is 0.316 e. The van der Waals surface area contributed by atoms with E-state index in [1.165, 1.54) is 7.11 Å². The van der Waals surface area contributed by atoms with Gasteiger partial charge < -0.3 is 4.74 Å². The van der Waals surface area contributed by atoms with Crippen LogP contribution in [0.3, 0.4) is 0 Å². The molecule has 1 unspecified atom stereocenters. The van der Waals surface area contributed by atoms with E-state index in [1.54, 1.807) is 18.2 Å². The highest BCUT2D eigenvalue weighted by atomic mass is 16.5. The Morgan fingerprint density at radius 2 is 1.96 bits per heavy atom. The minimum absolute atomic E-state index is 0.122. The molecule has 134 valence electrons. The van der Waals surface area contributed by atoms with Crippen LogP contribution in [0, 0.1) is 17.2 Å². The van der Waals surface area contributed by atoms with Gasteiger partial charge in [-0.25, -0.2) is 0 Å². The highest BCUT2D eigenvalue weighted by molar-refractivity contribution is 5.99. The predicted molar refractivity (Wildman–Crippen MR) is 98.1 cm³/mol. The number of nitrogens with zero attached hydrogens (tertiary/aromatic N) is 2. The molecule has 2 rings (SSSR count). The summed E-state index contributed by atoms with van der Waals surface area (Å²) < 4.78 is 4.81. The van der Waals surface area contributed by atoms with Gasteiger partial charge in [0.25, 0.3) is 0 Å². The zero-order valence-corrected chi connectivity index (χ0v) is 15.1. The summed E-state index contributed by atoms with van der Waals surface area (Å²) in [5.41, 5.74) is 2.52. The summed E-state index contributed by atoms with van der Waals surface area (Å²) in [6.45, 7) is 2.00. The molecule has 0 radical (unpaired) electrons. The normalized spacial score (nSPS) is 11.4.